The number of aromatic nitrogens is 6. The number of fused-ring (bicyclic) bond motifs is 3. The lowest BCUT2D eigenvalue weighted by Crippen LogP contribution is -2.40. The number of benzene rings is 1. The van der Waals surface area contributed by atoms with E-state index in [4.69, 9.17) is 19.6 Å². The number of aryl methyl sites for hydroxylation is 1. The van der Waals surface area contributed by atoms with Gasteiger partial charge in [0.05, 0.1) is 42.3 Å². The Hall–Kier alpha value is -5.01. The van der Waals surface area contributed by atoms with Gasteiger partial charge in [-0.2, -0.15) is 10.2 Å². The molecule has 1 aliphatic rings. The zero-order valence-corrected chi connectivity index (χ0v) is 26.1. The molecule has 0 fully saturated rings. The van der Waals surface area contributed by atoms with Gasteiger partial charge in [-0.3, -0.25) is 14.2 Å². The third-order valence-corrected chi connectivity index (χ3v) is 9.16. The molecule has 0 aliphatic carbocycles. The van der Waals surface area contributed by atoms with Crippen molar-refractivity contribution in [3.8, 4) is 39.5 Å². The third kappa shape index (κ3) is 4.92. The van der Waals surface area contributed by atoms with E-state index in [9.17, 15) is 9.18 Å². The van der Waals surface area contributed by atoms with Crippen molar-refractivity contribution < 1.29 is 23.0 Å². The van der Waals surface area contributed by atoms with Gasteiger partial charge in [0, 0.05) is 65.6 Å². The molecule has 1 aromatic carbocycles. The average Bonchev–Trinajstić information content (AvgIpc) is 3.79. The molecule has 0 bridgehead atoms. The Morgan fingerprint density at radius 3 is 2.78 bits per heavy atom. The monoisotopic (exact) mass is 641 g/mol. The van der Waals surface area contributed by atoms with Crippen molar-refractivity contribution in [3.05, 3.63) is 78.1 Å². The summed E-state index contributed by atoms with van der Waals surface area (Å²) in [6.07, 6.45) is 4.78. The van der Waals surface area contributed by atoms with Gasteiger partial charge in [-0.1, -0.05) is 6.58 Å². The summed E-state index contributed by atoms with van der Waals surface area (Å²) in [6, 6.07) is 7.49. The minimum Gasteiger partial charge on any atom is -0.490 e. The first-order valence-corrected chi connectivity index (χ1v) is 15.5. The molecule has 0 saturated heterocycles. The zero-order valence-electron chi connectivity index (χ0n) is 25.3. The Morgan fingerprint density at radius 2 is 1.98 bits per heavy atom. The number of carbonyl (C=O) groups excluding carboxylic acids is 1. The summed E-state index contributed by atoms with van der Waals surface area (Å²) in [6.45, 7) is 6.79. The van der Waals surface area contributed by atoms with E-state index in [2.05, 4.69) is 16.7 Å². The molecular weight excluding hydrogens is 612 g/mol. The second kappa shape index (κ2) is 11.7. The Bertz CT molecular complexity index is 2150. The predicted molar refractivity (Wildman–Crippen MR) is 171 cm³/mol. The lowest BCUT2D eigenvalue weighted by Gasteiger charge is -2.33. The van der Waals surface area contributed by atoms with Gasteiger partial charge >= 0.3 is 0 Å². The smallest absolute Gasteiger partial charge is 0.246 e. The van der Waals surface area contributed by atoms with Crippen LogP contribution in [0.4, 0.5) is 8.78 Å². The molecule has 6 aromatic rings. The summed E-state index contributed by atoms with van der Waals surface area (Å²) in [5, 5.41) is 12.8. The summed E-state index contributed by atoms with van der Waals surface area (Å²) < 4.78 is 45.9. The van der Waals surface area contributed by atoms with E-state index in [0.717, 1.165) is 38.4 Å². The van der Waals surface area contributed by atoms with Crippen LogP contribution in [0.3, 0.4) is 0 Å². The van der Waals surface area contributed by atoms with Crippen LogP contribution in [0.1, 0.15) is 18.7 Å². The van der Waals surface area contributed by atoms with Gasteiger partial charge in [-0.25, -0.2) is 18.7 Å². The number of hydrogen-bond acceptors (Lipinski definition) is 8. The second-order valence-corrected chi connectivity index (χ2v) is 11.9. The third-order valence-electron chi connectivity index (χ3n) is 8.23. The maximum absolute atomic E-state index is 16.0. The Balaban J connectivity index is 1.50. The molecule has 46 heavy (non-hydrogen) atoms. The van der Waals surface area contributed by atoms with E-state index in [0.29, 0.717) is 35.7 Å². The first kappa shape index (κ1) is 29.7. The number of amides is 1. The van der Waals surface area contributed by atoms with Crippen LogP contribution >= 0.6 is 11.3 Å². The maximum atomic E-state index is 16.0. The highest BCUT2D eigenvalue weighted by molar-refractivity contribution is 7.18. The Kier molecular flexibility index (Phi) is 7.57. The standard InChI is InChI=1S/C33H29F2N7O3S/c1-5-27(43)41-7-8-42-25(18(41)2)15-24(39-42)31-29(28-23(35)13-21(34)14-26(28)45-10-9-44-4)32-22(6-11-46-32)30(38-31)19-12-20-17-37-40(3)33(20)36-16-19/h5-6,11-18H,1,7-10H2,2-4H3. The number of carbonyl (C=O) groups is 1. The number of methoxy groups -OCH3 is 1. The van der Waals surface area contributed by atoms with Crippen LogP contribution in [-0.2, 0) is 23.1 Å². The highest BCUT2D eigenvalue weighted by Gasteiger charge is 2.31. The SMILES string of the molecule is C=CC(=O)N1CCn2nc(-c3nc(-c4cnc5c(cnn5C)c4)c4ccsc4c3-c3c(F)cc(F)cc3OCCOC)cc2C1C. The zero-order chi connectivity index (χ0) is 32.1. The first-order chi connectivity index (χ1) is 22.3. The van der Waals surface area contributed by atoms with Crippen LogP contribution < -0.4 is 4.74 Å². The molecule has 5 aromatic heterocycles. The summed E-state index contributed by atoms with van der Waals surface area (Å²) >= 11 is 1.41. The van der Waals surface area contributed by atoms with E-state index in [-0.39, 0.29) is 36.5 Å². The summed E-state index contributed by atoms with van der Waals surface area (Å²) in [7, 11) is 3.35. The van der Waals surface area contributed by atoms with Crippen molar-refractivity contribution in [1.82, 2.24) is 34.4 Å². The van der Waals surface area contributed by atoms with Crippen LogP contribution in [0.15, 0.2) is 60.8 Å². The van der Waals surface area contributed by atoms with Crippen LogP contribution in [0.2, 0.25) is 0 Å². The molecule has 7 rings (SSSR count). The summed E-state index contributed by atoms with van der Waals surface area (Å²) in [4.78, 5) is 24.1. The molecule has 6 heterocycles. The molecular formula is C33H29F2N7O3S. The highest BCUT2D eigenvalue weighted by Crippen LogP contribution is 2.47. The molecule has 1 aliphatic heterocycles. The molecule has 13 heteroatoms. The lowest BCUT2D eigenvalue weighted by molar-refractivity contribution is -0.129. The van der Waals surface area contributed by atoms with Gasteiger partial charge in [0.1, 0.15) is 35.4 Å². The minimum absolute atomic E-state index is 0.0265. The molecule has 1 amide bonds. The van der Waals surface area contributed by atoms with E-state index in [1.54, 1.807) is 22.0 Å². The van der Waals surface area contributed by atoms with E-state index < -0.39 is 11.6 Å². The van der Waals surface area contributed by atoms with Gasteiger partial charge < -0.3 is 14.4 Å². The molecule has 1 atom stereocenters. The van der Waals surface area contributed by atoms with Crippen LogP contribution in [0.5, 0.6) is 5.75 Å². The summed E-state index contributed by atoms with van der Waals surface area (Å²) in [5.74, 6) is -1.71. The van der Waals surface area contributed by atoms with Gasteiger partial charge in [0.2, 0.25) is 5.91 Å². The number of hydrogen-bond donors (Lipinski definition) is 0. The van der Waals surface area contributed by atoms with Gasteiger partial charge in [-0.15, -0.1) is 11.3 Å². The molecule has 1 unspecified atom stereocenters. The Morgan fingerprint density at radius 1 is 1.13 bits per heavy atom. The van der Waals surface area contributed by atoms with Crippen LogP contribution in [0, 0.1) is 11.6 Å². The number of nitrogens with zero attached hydrogens (tertiary/aromatic N) is 7. The number of rotatable bonds is 8. The average molecular weight is 642 g/mol. The number of halogens is 2. The minimum atomic E-state index is -0.795. The van der Waals surface area contributed by atoms with Gasteiger partial charge in [0.25, 0.3) is 0 Å². The van der Waals surface area contributed by atoms with E-state index in [1.165, 1.54) is 30.6 Å². The fourth-order valence-corrected chi connectivity index (χ4v) is 6.96. The van der Waals surface area contributed by atoms with Crippen LogP contribution in [0.25, 0.3) is 54.9 Å². The summed E-state index contributed by atoms with van der Waals surface area (Å²) in [5.41, 5.74) is 4.25. The fraction of sp³-hybridized carbons (Fsp3) is 0.242. The quantitative estimate of drug-likeness (QED) is 0.145. The normalized spacial score (nSPS) is 14.6. The van der Waals surface area contributed by atoms with Gasteiger partial charge in [-0.05, 0) is 36.6 Å². The fourth-order valence-electron chi connectivity index (χ4n) is 6.01. The van der Waals surface area contributed by atoms with Crippen molar-refractivity contribution in [2.45, 2.75) is 19.5 Å². The number of ether oxygens (including phenoxy) is 2. The number of pyridine rings is 2. The predicted octanol–water partition coefficient (Wildman–Crippen LogP) is 6.17. The molecule has 10 nitrogen and oxygen atoms in total. The van der Waals surface area contributed by atoms with Crippen molar-refractivity contribution in [1.29, 1.82) is 0 Å². The van der Waals surface area contributed by atoms with Crippen molar-refractivity contribution in [3.63, 3.8) is 0 Å². The first-order valence-electron chi connectivity index (χ1n) is 14.6. The molecule has 0 saturated carbocycles. The lowest BCUT2D eigenvalue weighted by atomic mass is 9.96. The second-order valence-electron chi connectivity index (χ2n) is 10.9. The molecule has 0 spiro atoms. The van der Waals surface area contributed by atoms with Crippen LogP contribution in [-0.4, -0.2) is 67.2 Å². The molecule has 0 radical (unpaired) electrons. The van der Waals surface area contributed by atoms with Crippen molar-refractivity contribution >= 4 is 38.4 Å². The molecule has 0 N–H and O–H groups in total. The maximum Gasteiger partial charge on any atom is 0.246 e. The highest BCUT2D eigenvalue weighted by atomic mass is 32.1. The largest absolute Gasteiger partial charge is 0.490 e. The number of thiophene rings is 1. The van der Waals surface area contributed by atoms with Crippen molar-refractivity contribution in [2.24, 2.45) is 7.05 Å². The Labute approximate surface area is 266 Å². The topological polar surface area (TPSA) is 100 Å². The molecule has 234 valence electrons. The van der Waals surface area contributed by atoms with E-state index in [1.807, 2.05) is 42.2 Å². The van der Waals surface area contributed by atoms with Gasteiger partial charge in [0.15, 0.2) is 5.65 Å². The van der Waals surface area contributed by atoms with E-state index >= 15 is 4.39 Å². The van der Waals surface area contributed by atoms with Crippen molar-refractivity contribution in [2.75, 3.05) is 26.9 Å².